The number of nitrogens with zero attached hydrogens (tertiary/aromatic N) is 2. The molecule has 0 saturated carbocycles. The van der Waals surface area contributed by atoms with Gasteiger partial charge in [-0.3, -0.25) is 9.59 Å². The predicted molar refractivity (Wildman–Crippen MR) is 127 cm³/mol. The Balaban J connectivity index is 1.37. The maximum absolute atomic E-state index is 13.5. The molecule has 0 unspecified atom stereocenters. The number of rotatable bonds is 7. The Bertz CT molecular complexity index is 1340. The molecule has 0 saturated heterocycles. The van der Waals surface area contributed by atoms with E-state index in [-0.39, 0.29) is 30.5 Å². The van der Waals surface area contributed by atoms with Crippen molar-refractivity contribution in [3.8, 4) is 11.4 Å². The summed E-state index contributed by atoms with van der Waals surface area (Å²) in [7, 11) is 0. The van der Waals surface area contributed by atoms with Crippen LogP contribution in [-0.2, 0) is 11.2 Å². The highest BCUT2D eigenvalue weighted by molar-refractivity contribution is 6.06. The van der Waals surface area contributed by atoms with E-state index in [1.807, 2.05) is 18.2 Å². The summed E-state index contributed by atoms with van der Waals surface area (Å²) < 4.78 is 18.7. The second-order valence-electron chi connectivity index (χ2n) is 7.82. The van der Waals surface area contributed by atoms with Crippen LogP contribution < -0.4 is 10.6 Å². The molecule has 4 aromatic rings. The van der Waals surface area contributed by atoms with Crippen LogP contribution in [0.25, 0.3) is 11.4 Å². The summed E-state index contributed by atoms with van der Waals surface area (Å²) in [6.07, 6.45) is 0.357. The lowest BCUT2D eigenvalue weighted by molar-refractivity contribution is -0.116. The molecule has 2 amide bonds. The minimum Gasteiger partial charge on any atom is -0.339 e. The molecule has 0 aliphatic heterocycles. The van der Waals surface area contributed by atoms with E-state index < -0.39 is 0 Å². The van der Waals surface area contributed by atoms with Crippen molar-refractivity contribution in [2.75, 3.05) is 10.6 Å². The standard InChI is InChI=1S/C26H23FN4O3/c1-16-15-18(11-12-21(16)27)25-30-24(34-31-25)14-13-23(32)29-22-10-6-9-20(17(22)2)26(33)28-19-7-4-3-5-8-19/h3-12,15H,13-14H2,1-2H3,(H,28,33)(H,29,32). The number of amides is 2. The Hall–Kier alpha value is -4.33. The zero-order valence-electron chi connectivity index (χ0n) is 18.8. The molecule has 0 aliphatic carbocycles. The highest BCUT2D eigenvalue weighted by Gasteiger charge is 2.15. The first-order valence-electron chi connectivity index (χ1n) is 10.8. The molecule has 172 valence electrons. The number of carbonyl (C=O) groups is 2. The van der Waals surface area contributed by atoms with Gasteiger partial charge in [-0.1, -0.05) is 29.4 Å². The fourth-order valence-corrected chi connectivity index (χ4v) is 3.43. The van der Waals surface area contributed by atoms with E-state index in [4.69, 9.17) is 4.52 Å². The molecule has 0 atom stereocenters. The number of carbonyl (C=O) groups excluding carboxylic acids is 2. The van der Waals surface area contributed by atoms with Gasteiger partial charge < -0.3 is 15.2 Å². The lowest BCUT2D eigenvalue weighted by atomic mass is 10.1. The Morgan fingerprint density at radius 2 is 1.76 bits per heavy atom. The molecule has 4 rings (SSSR count). The molecule has 2 N–H and O–H groups in total. The zero-order valence-corrected chi connectivity index (χ0v) is 18.8. The minimum atomic E-state index is -0.305. The number of para-hydroxylation sites is 1. The predicted octanol–water partition coefficient (Wildman–Crippen LogP) is 5.32. The lowest BCUT2D eigenvalue weighted by Gasteiger charge is -2.12. The Morgan fingerprint density at radius 3 is 2.53 bits per heavy atom. The number of aryl methyl sites for hydroxylation is 2. The van der Waals surface area contributed by atoms with Gasteiger partial charge in [0, 0.05) is 35.3 Å². The summed E-state index contributed by atoms with van der Waals surface area (Å²) in [4.78, 5) is 29.5. The van der Waals surface area contributed by atoms with E-state index in [2.05, 4.69) is 20.8 Å². The molecule has 0 radical (unpaired) electrons. The zero-order chi connectivity index (χ0) is 24.1. The molecule has 7 nitrogen and oxygen atoms in total. The molecule has 0 aliphatic rings. The van der Waals surface area contributed by atoms with Gasteiger partial charge in [-0.05, 0) is 67.4 Å². The van der Waals surface area contributed by atoms with Gasteiger partial charge in [-0.15, -0.1) is 0 Å². The molecule has 0 spiro atoms. The highest BCUT2D eigenvalue weighted by Crippen LogP contribution is 2.22. The molecular formula is C26H23FN4O3. The monoisotopic (exact) mass is 458 g/mol. The number of nitrogens with one attached hydrogen (secondary N) is 2. The molecular weight excluding hydrogens is 435 g/mol. The fraction of sp³-hybridized carbons (Fsp3) is 0.154. The van der Waals surface area contributed by atoms with Crippen LogP contribution in [0.15, 0.2) is 71.3 Å². The van der Waals surface area contributed by atoms with Crippen molar-refractivity contribution in [2.24, 2.45) is 0 Å². The van der Waals surface area contributed by atoms with Crippen molar-refractivity contribution in [3.63, 3.8) is 0 Å². The first-order chi connectivity index (χ1) is 16.4. The highest BCUT2D eigenvalue weighted by atomic mass is 19.1. The second-order valence-corrected chi connectivity index (χ2v) is 7.82. The van der Waals surface area contributed by atoms with Crippen LogP contribution in [0.4, 0.5) is 15.8 Å². The summed E-state index contributed by atoms with van der Waals surface area (Å²) >= 11 is 0. The SMILES string of the molecule is Cc1cc(-c2noc(CCC(=O)Nc3cccc(C(=O)Nc4ccccc4)c3C)n2)ccc1F. The molecule has 0 bridgehead atoms. The molecule has 0 fully saturated rings. The van der Waals surface area contributed by atoms with Crippen LogP contribution in [0.5, 0.6) is 0 Å². The fourth-order valence-electron chi connectivity index (χ4n) is 3.43. The third kappa shape index (κ3) is 5.35. The quantitative estimate of drug-likeness (QED) is 0.391. The van der Waals surface area contributed by atoms with Gasteiger partial charge in [0.05, 0.1) is 0 Å². The first kappa shape index (κ1) is 22.8. The molecule has 34 heavy (non-hydrogen) atoms. The molecule has 3 aromatic carbocycles. The van der Waals surface area contributed by atoms with E-state index in [0.29, 0.717) is 45.3 Å². The molecule has 1 aromatic heterocycles. The Labute approximate surface area is 196 Å². The summed E-state index contributed by atoms with van der Waals surface area (Å²) in [6.45, 7) is 3.44. The summed E-state index contributed by atoms with van der Waals surface area (Å²) in [5.74, 6) is -0.164. The minimum absolute atomic E-state index is 0.115. The lowest BCUT2D eigenvalue weighted by Crippen LogP contribution is -2.17. The average molecular weight is 458 g/mol. The first-order valence-corrected chi connectivity index (χ1v) is 10.8. The van der Waals surface area contributed by atoms with Gasteiger partial charge in [0.1, 0.15) is 5.82 Å². The van der Waals surface area contributed by atoms with Gasteiger partial charge in [-0.2, -0.15) is 4.98 Å². The number of hydrogen-bond donors (Lipinski definition) is 2. The normalized spacial score (nSPS) is 10.7. The summed E-state index contributed by atoms with van der Waals surface area (Å²) in [5, 5.41) is 9.60. The van der Waals surface area contributed by atoms with E-state index in [1.165, 1.54) is 6.07 Å². The van der Waals surface area contributed by atoms with Crippen LogP contribution in [0.3, 0.4) is 0 Å². The van der Waals surface area contributed by atoms with Crippen molar-refractivity contribution in [2.45, 2.75) is 26.7 Å². The van der Waals surface area contributed by atoms with Crippen LogP contribution in [0, 0.1) is 19.7 Å². The van der Waals surface area contributed by atoms with E-state index in [9.17, 15) is 14.0 Å². The topological polar surface area (TPSA) is 97.1 Å². The van der Waals surface area contributed by atoms with Crippen molar-refractivity contribution in [3.05, 3.63) is 95.1 Å². The number of hydrogen-bond acceptors (Lipinski definition) is 5. The van der Waals surface area contributed by atoms with Gasteiger partial charge >= 0.3 is 0 Å². The van der Waals surface area contributed by atoms with Crippen molar-refractivity contribution >= 4 is 23.2 Å². The maximum atomic E-state index is 13.5. The Kier molecular flexibility index (Phi) is 6.77. The van der Waals surface area contributed by atoms with Gasteiger partial charge in [0.2, 0.25) is 17.6 Å². The third-order valence-electron chi connectivity index (χ3n) is 5.33. The summed E-state index contributed by atoms with van der Waals surface area (Å²) in [6, 6.07) is 18.9. The van der Waals surface area contributed by atoms with Crippen molar-refractivity contribution in [1.82, 2.24) is 10.1 Å². The number of benzene rings is 3. The largest absolute Gasteiger partial charge is 0.339 e. The van der Waals surface area contributed by atoms with Crippen LogP contribution >= 0.6 is 0 Å². The maximum Gasteiger partial charge on any atom is 0.256 e. The van der Waals surface area contributed by atoms with Crippen LogP contribution in [-0.4, -0.2) is 22.0 Å². The van der Waals surface area contributed by atoms with E-state index in [1.54, 1.807) is 56.3 Å². The van der Waals surface area contributed by atoms with Crippen LogP contribution in [0.2, 0.25) is 0 Å². The van der Waals surface area contributed by atoms with E-state index >= 15 is 0 Å². The molecule has 1 heterocycles. The second kappa shape index (κ2) is 10.1. The number of halogens is 1. The van der Waals surface area contributed by atoms with E-state index in [0.717, 1.165) is 0 Å². The van der Waals surface area contributed by atoms with Crippen molar-refractivity contribution < 1.29 is 18.5 Å². The van der Waals surface area contributed by atoms with Crippen LogP contribution in [0.1, 0.15) is 33.8 Å². The Morgan fingerprint density at radius 1 is 0.971 bits per heavy atom. The summed E-state index contributed by atoms with van der Waals surface area (Å²) in [5.41, 5.74) is 3.50. The number of aromatic nitrogens is 2. The van der Waals surface area contributed by atoms with Gasteiger partial charge in [0.25, 0.3) is 5.91 Å². The van der Waals surface area contributed by atoms with Gasteiger partial charge in [0.15, 0.2) is 0 Å². The van der Waals surface area contributed by atoms with Crippen molar-refractivity contribution in [1.29, 1.82) is 0 Å². The number of anilines is 2. The molecule has 8 heteroatoms. The average Bonchev–Trinajstić information content (AvgIpc) is 3.30. The van der Waals surface area contributed by atoms with Gasteiger partial charge in [-0.25, -0.2) is 4.39 Å². The third-order valence-corrected chi connectivity index (χ3v) is 5.33. The smallest absolute Gasteiger partial charge is 0.256 e.